The van der Waals surface area contributed by atoms with Crippen LogP contribution in [0.4, 0.5) is 0 Å². The molecule has 0 aromatic carbocycles. The minimum atomic E-state index is -0.0557. The van der Waals surface area contributed by atoms with Crippen LogP contribution in [-0.2, 0) is 11.3 Å². The molecule has 1 amide bonds. The summed E-state index contributed by atoms with van der Waals surface area (Å²) in [5, 5.41) is 0. The fourth-order valence-electron chi connectivity index (χ4n) is 2.20. The van der Waals surface area contributed by atoms with Gasteiger partial charge in [-0.2, -0.15) is 0 Å². The first-order chi connectivity index (χ1) is 9.10. The molecule has 2 rings (SSSR count). The summed E-state index contributed by atoms with van der Waals surface area (Å²) >= 11 is 5.26. The number of rotatable bonds is 4. The lowest BCUT2D eigenvalue weighted by Crippen LogP contribution is -2.50. The Balaban J connectivity index is 1.81. The number of hydrogen-bond donors (Lipinski definition) is 1. The molecule has 0 aliphatic carbocycles. The first kappa shape index (κ1) is 15.0. The summed E-state index contributed by atoms with van der Waals surface area (Å²) in [5.74, 6) is 0.140. The molecule has 6 heteroatoms. The van der Waals surface area contributed by atoms with Crippen molar-refractivity contribution < 1.29 is 4.79 Å². The van der Waals surface area contributed by atoms with E-state index in [1.165, 1.54) is 8.66 Å². The minimum absolute atomic E-state index is 0.0557. The molecule has 1 fully saturated rings. The van der Waals surface area contributed by atoms with Gasteiger partial charge in [0.25, 0.3) is 0 Å². The number of nitrogens with zero attached hydrogens (tertiary/aromatic N) is 2. The number of carbonyl (C=O) groups is 1. The van der Waals surface area contributed by atoms with Gasteiger partial charge in [-0.1, -0.05) is 6.92 Å². The molecule has 2 heterocycles. The highest BCUT2D eigenvalue weighted by atomic mass is 79.9. The van der Waals surface area contributed by atoms with Crippen molar-refractivity contribution in [1.82, 2.24) is 9.80 Å². The number of piperazine rings is 1. The van der Waals surface area contributed by atoms with Crippen molar-refractivity contribution in [2.45, 2.75) is 13.5 Å². The largest absolute Gasteiger partial charge is 0.340 e. The Morgan fingerprint density at radius 1 is 1.42 bits per heavy atom. The summed E-state index contributed by atoms with van der Waals surface area (Å²) < 4.78 is 1.17. The molecule has 4 nitrogen and oxygen atoms in total. The Morgan fingerprint density at radius 3 is 2.63 bits per heavy atom. The molecule has 1 unspecified atom stereocenters. The number of thiophene rings is 1. The Morgan fingerprint density at radius 2 is 2.11 bits per heavy atom. The predicted octanol–water partition coefficient (Wildman–Crippen LogP) is 1.75. The van der Waals surface area contributed by atoms with Gasteiger partial charge in [0.1, 0.15) is 0 Å². The van der Waals surface area contributed by atoms with Crippen LogP contribution >= 0.6 is 27.3 Å². The average Bonchev–Trinajstić information content (AvgIpc) is 2.83. The summed E-state index contributed by atoms with van der Waals surface area (Å²) in [6.45, 7) is 6.83. The lowest BCUT2D eigenvalue weighted by molar-refractivity contribution is -0.136. The van der Waals surface area contributed by atoms with Crippen molar-refractivity contribution in [3.05, 3.63) is 20.8 Å². The first-order valence-electron chi connectivity index (χ1n) is 6.55. The van der Waals surface area contributed by atoms with Crippen molar-refractivity contribution >= 4 is 33.2 Å². The second-order valence-electron chi connectivity index (χ2n) is 4.94. The quantitative estimate of drug-likeness (QED) is 0.904. The van der Waals surface area contributed by atoms with Gasteiger partial charge in [0.05, 0.1) is 3.79 Å². The third kappa shape index (κ3) is 4.02. The summed E-state index contributed by atoms with van der Waals surface area (Å²) in [7, 11) is 0. The minimum Gasteiger partial charge on any atom is -0.340 e. The highest BCUT2D eigenvalue weighted by Crippen LogP contribution is 2.23. The van der Waals surface area contributed by atoms with Crippen LogP contribution in [0.2, 0.25) is 0 Å². The zero-order valence-electron chi connectivity index (χ0n) is 11.1. The van der Waals surface area contributed by atoms with Crippen LogP contribution < -0.4 is 5.73 Å². The van der Waals surface area contributed by atoms with Crippen molar-refractivity contribution in [2.75, 3.05) is 32.7 Å². The smallest absolute Gasteiger partial charge is 0.226 e. The van der Waals surface area contributed by atoms with E-state index in [0.717, 1.165) is 32.7 Å². The highest BCUT2D eigenvalue weighted by Gasteiger charge is 2.24. The molecule has 1 aliphatic heterocycles. The molecule has 1 aliphatic rings. The Hall–Kier alpha value is -0.430. The van der Waals surface area contributed by atoms with Gasteiger partial charge in [-0.05, 0) is 28.1 Å². The van der Waals surface area contributed by atoms with Crippen LogP contribution in [0.25, 0.3) is 0 Å². The van der Waals surface area contributed by atoms with Gasteiger partial charge >= 0.3 is 0 Å². The summed E-state index contributed by atoms with van der Waals surface area (Å²) in [5.41, 5.74) is 5.55. The van der Waals surface area contributed by atoms with Gasteiger partial charge in [-0.3, -0.25) is 9.69 Å². The van der Waals surface area contributed by atoms with E-state index in [4.69, 9.17) is 5.73 Å². The van der Waals surface area contributed by atoms with Crippen LogP contribution in [0.15, 0.2) is 15.9 Å². The molecule has 0 bridgehead atoms. The molecule has 0 spiro atoms. The highest BCUT2D eigenvalue weighted by molar-refractivity contribution is 9.11. The maximum Gasteiger partial charge on any atom is 0.226 e. The molecule has 106 valence electrons. The first-order valence-corrected chi connectivity index (χ1v) is 8.16. The maximum atomic E-state index is 12.0. The third-order valence-corrected chi connectivity index (χ3v) is 5.08. The fourth-order valence-corrected chi connectivity index (χ4v) is 3.72. The Kier molecular flexibility index (Phi) is 5.38. The average molecular weight is 346 g/mol. The van der Waals surface area contributed by atoms with Crippen LogP contribution in [0.5, 0.6) is 0 Å². The van der Waals surface area contributed by atoms with Gasteiger partial charge in [-0.15, -0.1) is 11.3 Å². The van der Waals surface area contributed by atoms with Gasteiger partial charge in [0.15, 0.2) is 0 Å². The SMILES string of the molecule is CC(CN)C(=O)N1CCN(Cc2ccc(Br)s2)CC1. The predicted molar refractivity (Wildman–Crippen MR) is 82.1 cm³/mol. The topological polar surface area (TPSA) is 49.6 Å². The Bertz CT molecular complexity index is 429. The number of halogens is 1. The van der Waals surface area contributed by atoms with Gasteiger partial charge < -0.3 is 10.6 Å². The molecule has 2 N–H and O–H groups in total. The third-order valence-electron chi connectivity index (χ3n) is 3.47. The van der Waals surface area contributed by atoms with Crippen molar-refractivity contribution in [3.8, 4) is 0 Å². The van der Waals surface area contributed by atoms with Crippen molar-refractivity contribution in [2.24, 2.45) is 11.7 Å². The van der Waals surface area contributed by atoms with Crippen molar-refractivity contribution in [1.29, 1.82) is 0 Å². The monoisotopic (exact) mass is 345 g/mol. The number of nitrogens with two attached hydrogens (primary N) is 1. The van der Waals surface area contributed by atoms with Gasteiger partial charge in [-0.25, -0.2) is 0 Å². The van der Waals surface area contributed by atoms with Gasteiger partial charge in [0, 0.05) is 50.1 Å². The molecule has 1 aromatic heterocycles. The second-order valence-corrected chi connectivity index (χ2v) is 7.49. The van der Waals surface area contributed by atoms with E-state index in [0.29, 0.717) is 6.54 Å². The van der Waals surface area contributed by atoms with Crippen molar-refractivity contribution in [3.63, 3.8) is 0 Å². The van der Waals surface area contributed by atoms with Gasteiger partial charge in [0.2, 0.25) is 5.91 Å². The summed E-state index contributed by atoms with van der Waals surface area (Å²) in [6.07, 6.45) is 0. The van der Waals surface area contributed by atoms with E-state index in [2.05, 4.69) is 33.0 Å². The fraction of sp³-hybridized carbons (Fsp3) is 0.615. The lowest BCUT2D eigenvalue weighted by Gasteiger charge is -2.35. The van der Waals surface area contributed by atoms with E-state index < -0.39 is 0 Å². The van der Waals surface area contributed by atoms with E-state index >= 15 is 0 Å². The number of amides is 1. The number of hydrogen-bond acceptors (Lipinski definition) is 4. The molecule has 0 saturated carbocycles. The van der Waals surface area contributed by atoms with E-state index in [9.17, 15) is 4.79 Å². The second kappa shape index (κ2) is 6.83. The zero-order valence-corrected chi connectivity index (χ0v) is 13.5. The Labute approximate surface area is 126 Å². The van der Waals surface area contributed by atoms with Crippen LogP contribution in [0.1, 0.15) is 11.8 Å². The molecule has 19 heavy (non-hydrogen) atoms. The van der Waals surface area contributed by atoms with E-state index in [1.54, 1.807) is 11.3 Å². The van der Waals surface area contributed by atoms with Crippen LogP contribution in [-0.4, -0.2) is 48.4 Å². The van der Waals surface area contributed by atoms with E-state index in [1.807, 2.05) is 11.8 Å². The summed E-state index contributed by atoms with van der Waals surface area (Å²) in [6, 6.07) is 4.24. The standard InChI is InChI=1S/C13H20BrN3OS/c1-10(8-15)13(18)17-6-4-16(5-7-17)9-11-2-3-12(14)19-11/h2-3,10H,4-9,15H2,1H3. The number of carbonyl (C=O) groups excluding carboxylic acids is 1. The maximum absolute atomic E-state index is 12.0. The van der Waals surface area contributed by atoms with Crippen LogP contribution in [0, 0.1) is 5.92 Å². The molecular weight excluding hydrogens is 326 g/mol. The molecule has 1 atom stereocenters. The lowest BCUT2D eigenvalue weighted by atomic mass is 10.1. The zero-order chi connectivity index (χ0) is 13.8. The molecular formula is C13H20BrN3OS. The van der Waals surface area contributed by atoms with E-state index in [-0.39, 0.29) is 11.8 Å². The van der Waals surface area contributed by atoms with Crippen LogP contribution in [0.3, 0.4) is 0 Å². The molecule has 1 aromatic rings. The normalized spacial score (nSPS) is 18.6. The molecule has 1 saturated heterocycles. The molecule has 0 radical (unpaired) electrons. The summed E-state index contributed by atoms with van der Waals surface area (Å²) in [4.78, 5) is 17.7.